The number of para-hydroxylation sites is 1. The number of carbonyl (C=O) groups is 1. The fourth-order valence-electron chi connectivity index (χ4n) is 1.83. The minimum atomic E-state index is -0.722. The zero-order chi connectivity index (χ0) is 13.2. The number of pyridine rings is 1. The molecule has 0 spiro atoms. The molecule has 3 nitrogen and oxygen atoms in total. The molecule has 3 heteroatoms. The van der Waals surface area contributed by atoms with Crippen molar-refractivity contribution in [1.29, 1.82) is 0 Å². The molecule has 0 aliphatic carbocycles. The van der Waals surface area contributed by atoms with E-state index in [0.29, 0.717) is 6.61 Å². The minimum Gasteiger partial charge on any atom is -0.465 e. The zero-order valence-corrected chi connectivity index (χ0v) is 10.9. The number of benzene rings is 1. The normalized spacial score (nSPS) is 11.5. The molecule has 0 saturated carbocycles. The van der Waals surface area contributed by atoms with Crippen molar-refractivity contribution in [3.8, 4) is 0 Å². The zero-order valence-electron chi connectivity index (χ0n) is 10.9. The summed E-state index contributed by atoms with van der Waals surface area (Å²) in [5.74, 6) is -0.243. The van der Waals surface area contributed by atoms with Crippen molar-refractivity contribution in [2.45, 2.75) is 26.2 Å². The maximum Gasteiger partial charge on any atom is 0.317 e. The van der Waals surface area contributed by atoms with Crippen molar-refractivity contribution < 1.29 is 9.53 Å². The first-order valence-corrected chi connectivity index (χ1v) is 6.09. The summed E-state index contributed by atoms with van der Waals surface area (Å²) in [4.78, 5) is 16.5. The van der Waals surface area contributed by atoms with Crippen LogP contribution in [0, 0.1) is 0 Å². The number of hydrogen-bond donors (Lipinski definition) is 0. The van der Waals surface area contributed by atoms with E-state index in [0.717, 1.165) is 16.6 Å². The van der Waals surface area contributed by atoms with Crippen molar-refractivity contribution in [2.24, 2.45) is 0 Å². The van der Waals surface area contributed by atoms with E-state index < -0.39 is 5.41 Å². The van der Waals surface area contributed by atoms with Gasteiger partial charge in [0.2, 0.25) is 0 Å². The summed E-state index contributed by atoms with van der Waals surface area (Å²) in [7, 11) is 0. The first-order chi connectivity index (χ1) is 8.55. The average Bonchev–Trinajstić information content (AvgIpc) is 2.38. The van der Waals surface area contributed by atoms with Crippen LogP contribution in [0.5, 0.6) is 0 Å². The van der Waals surface area contributed by atoms with E-state index in [2.05, 4.69) is 4.98 Å². The van der Waals surface area contributed by atoms with Gasteiger partial charge in [0.25, 0.3) is 0 Å². The number of hydrogen-bond acceptors (Lipinski definition) is 3. The molecule has 0 bridgehead atoms. The summed E-state index contributed by atoms with van der Waals surface area (Å²) in [5.41, 5.74) is 0.909. The van der Waals surface area contributed by atoms with Gasteiger partial charge in [0, 0.05) is 5.39 Å². The third-order valence-electron chi connectivity index (χ3n) is 3.02. The van der Waals surface area contributed by atoms with Crippen LogP contribution in [0.3, 0.4) is 0 Å². The van der Waals surface area contributed by atoms with Crippen LogP contribution in [0.4, 0.5) is 0 Å². The van der Waals surface area contributed by atoms with Crippen LogP contribution in [-0.2, 0) is 14.9 Å². The Morgan fingerprint density at radius 2 is 1.94 bits per heavy atom. The van der Waals surface area contributed by atoms with Crippen LogP contribution in [0.25, 0.3) is 10.9 Å². The van der Waals surface area contributed by atoms with Gasteiger partial charge in [0.15, 0.2) is 0 Å². The molecule has 1 heterocycles. The van der Waals surface area contributed by atoms with E-state index in [9.17, 15) is 4.79 Å². The van der Waals surface area contributed by atoms with E-state index in [1.165, 1.54) is 0 Å². The molecular formula is C15H17NO2. The Kier molecular flexibility index (Phi) is 3.32. The van der Waals surface area contributed by atoms with Crippen molar-refractivity contribution >= 4 is 16.9 Å². The molecule has 0 fully saturated rings. The summed E-state index contributed by atoms with van der Waals surface area (Å²) in [5, 5.41) is 1.07. The van der Waals surface area contributed by atoms with E-state index in [1.807, 2.05) is 57.2 Å². The van der Waals surface area contributed by atoms with Crippen molar-refractivity contribution in [3.63, 3.8) is 0 Å². The average molecular weight is 243 g/mol. The highest BCUT2D eigenvalue weighted by molar-refractivity contribution is 5.84. The fourth-order valence-corrected chi connectivity index (χ4v) is 1.83. The molecule has 0 unspecified atom stereocenters. The number of ether oxygens (including phenoxy) is 1. The van der Waals surface area contributed by atoms with E-state index in [1.54, 1.807) is 0 Å². The number of rotatable bonds is 3. The van der Waals surface area contributed by atoms with E-state index >= 15 is 0 Å². The second-order valence-corrected chi connectivity index (χ2v) is 4.73. The smallest absolute Gasteiger partial charge is 0.317 e. The Balaban J connectivity index is 2.44. The van der Waals surface area contributed by atoms with Gasteiger partial charge in [-0.15, -0.1) is 0 Å². The molecule has 0 saturated heterocycles. The molecule has 0 N–H and O–H groups in total. The summed E-state index contributed by atoms with van der Waals surface area (Å²) >= 11 is 0. The third kappa shape index (κ3) is 2.21. The van der Waals surface area contributed by atoms with Crippen LogP contribution in [0.15, 0.2) is 36.4 Å². The van der Waals surface area contributed by atoms with Crippen LogP contribution >= 0.6 is 0 Å². The van der Waals surface area contributed by atoms with Gasteiger partial charge in [-0.2, -0.15) is 0 Å². The second kappa shape index (κ2) is 4.77. The quantitative estimate of drug-likeness (QED) is 0.778. The van der Waals surface area contributed by atoms with Gasteiger partial charge in [0.1, 0.15) is 5.41 Å². The first kappa shape index (κ1) is 12.6. The lowest BCUT2D eigenvalue weighted by Crippen LogP contribution is -2.32. The molecule has 18 heavy (non-hydrogen) atoms. The van der Waals surface area contributed by atoms with E-state index in [-0.39, 0.29) is 5.97 Å². The molecule has 1 aromatic heterocycles. The second-order valence-electron chi connectivity index (χ2n) is 4.73. The fraction of sp³-hybridized carbons (Fsp3) is 0.333. The topological polar surface area (TPSA) is 39.2 Å². The summed E-state index contributed by atoms with van der Waals surface area (Å²) in [6, 6.07) is 11.7. The Hall–Kier alpha value is -1.90. The number of carbonyl (C=O) groups excluding carboxylic acids is 1. The standard InChI is InChI=1S/C15H17NO2/c1-4-18-14(17)15(2,3)13-10-9-11-7-5-6-8-12(11)16-13/h5-10H,4H2,1-3H3. The van der Waals surface area contributed by atoms with E-state index in [4.69, 9.17) is 4.74 Å². The van der Waals surface area contributed by atoms with Gasteiger partial charge in [-0.3, -0.25) is 9.78 Å². The molecule has 94 valence electrons. The lowest BCUT2D eigenvalue weighted by atomic mass is 9.88. The monoisotopic (exact) mass is 243 g/mol. The van der Waals surface area contributed by atoms with Gasteiger partial charge in [0.05, 0.1) is 17.8 Å². The number of nitrogens with zero attached hydrogens (tertiary/aromatic N) is 1. The lowest BCUT2D eigenvalue weighted by Gasteiger charge is -2.21. The van der Waals surface area contributed by atoms with Crippen molar-refractivity contribution in [1.82, 2.24) is 4.98 Å². The predicted octanol–water partition coefficient (Wildman–Crippen LogP) is 3.08. The molecule has 0 atom stereocenters. The van der Waals surface area contributed by atoms with Gasteiger partial charge in [-0.05, 0) is 32.9 Å². The van der Waals surface area contributed by atoms with Crippen LogP contribution < -0.4 is 0 Å². The van der Waals surface area contributed by atoms with Gasteiger partial charge in [-0.1, -0.05) is 24.3 Å². The van der Waals surface area contributed by atoms with Crippen molar-refractivity contribution in [3.05, 3.63) is 42.1 Å². The summed E-state index contributed by atoms with van der Waals surface area (Å²) in [6.45, 7) is 5.86. The molecule has 0 amide bonds. The number of aromatic nitrogens is 1. The van der Waals surface area contributed by atoms with Gasteiger partial charge >= 0.3 is 5.97 Å². The SMILES string of the molecule is CCOC(=O)C(C)(C)c1ccc2ccccc2n1. The van der Waals surface area contributed by atoms with Gasteiger partial charge < -0.3 is 4.74 Å². The van der Waals surface area contributed by atoms with Crippen LogP contribution in [-0.4, -0.2) is 17.6 Å². The predicted molar refractivity (Wildman–Crippen MR) is 71.4 cm³/mol. The largest absolute Gasteiger partial charge is 0.465 e. The third-order valence-corrected chi connectivity index (χ3v) is 3.02. The Morgan fingerprint density at radius 3 is 2.67 bits per heavy atom. The first-order valence-electron chi connectivity index (χ1n) is 6.09. The molecule has 0 aliphatic rings. The summed E-state index contributed by atoms with van der Waals surface area (Å²) < 4.78 is 5.09. The van der Waals surface area contributed by atoms with Gasteiger partial charge in [-0.25, -0.2) is 0 Å². The Bertz CT molecular complexity index is 575. The molecule has 2 rings (SSSR count). The minimum absolute atomic E-state index is 0.243. The maximum absolute atomic E-state index is 11.9. The highest BCUT2D eigenvalue weighted by Gasteiger charge is 2.32. The molecule has 0 aliphatic heterocycles. The van der Waals surface area contributed by atoms with Crippen LogP contribution in [0.1, 0.15) is 26.5 Å². The maximum atomic E-state index is 11.9. The Labute approximate surface area is 107 Å². The highest BCUT2D eigenvalue weighted by atomic mass is 16.5. The molecular weight excluding hydrogens is 226 g/mol. The number of esters is 1. The highest BCUT2D eigenvalue weighted by Crippen LogP contribution is 2.25. The number of fused-ring (bicyclic) bond motifs is 1. The summed E-state index contributed by atoms with van der Waals surface area (Å²) in [6.07, 6.45) is 0. The molecule has 2 aromatic rings. The van der Waals surface area contributed by atoms with Crippen LogP contribution in [0.2, 0.25) is 0 Å². The molecule has 1 aromatic carbocycles. The lowest BCUT2D eigenvalue weighted by molar-refractivity contribution is -0.148. The molecule has 0 radical (unpaired) electrons. The van der Waals surface area contributed by atoms with Crippen molar-refractivity contribution in [2.75, 3.05) is 6.61 Å². The Morgan fingerprint density at radius 1 is 1.22 bits per heavy atom.